The van der Waals surface area contributed by atoms with E-state index in [0.717, 1.165) is 96.3 Å². The zero-order valence-corrected chi connectivity index (χ0v) is 51.1. The minimum atomic E-state index is -1.56. The Morgan fingerprint density at radius 2 is 0.785 bits per heavy atom. The van der Waals surface area contributed by atoms with E-state index in [1.165, 1.54) is 173 Å². The second kappa shape index (κ2) is 58.6. The number of allylic oxidation sites excluding steroid dienone is 14. The minimum Gasteiger partial charge on any atom is -0.394 e. The van der Waals surface area contributed by atoms with Gasteiger partial charge in [-0.2, -0.15) is 0 Å². The molecule has 0 aromatic rings. The van der Waals surface area contributed by atoms with Crippen molar-refractivity contribution in [3.63, 3.8) is 0 Å². The van der Waals surface area contributed by atoms with Gasteiger partial charge in [0.15, 0.2) is 6.29 Å². The Morgan fingerprint density at radius 3 is 1.16 bits per heavy atom. The third kappa shape index (κ3) is 47.6. The molecule has 458 valence electrons. The molecule has 0 saturated carbocycles. The van der Waals surface area contributed by atoms with Crippen molar-refractivity contribution < 1.29 is 39.8 Å². The fourth-order valence-corrected chi connectivity index (χ4v) is 10.3. The molecule has 0 aliphatic carbocycles. The Hall–Kier alpha value is -2.63. The monoisotopic (exact) mass is 1110 g/mol. The summed E-state index contributed by atoms with van der Waals surface area (Å²) in [5.74, 6) is -0.155. The van der Waals surface area contributed by atoms with E-state index in [2.05, 4.69) is 104 Å². The second-order valence-corrected chi connectivity index (χ2v) is 22.9. The van der Waals surface area contributed by atoms with Crippen LogP contribution in [0.25, 0.3) is 0 Å². The van der Waals surface area contributed by atoms with Gasteiger partial charge >= 0.3 is 0 Å². The number of nitrogens with one attached hydrogen (secondary N) is 1. The molecule has 0 aromatic heterocycles. The van der Waals surface area contributed by atoms with E-state index in [0.29, 0.717) is 12.8 Å². The number of ether oxygens (including phenoxy) is 2. The molecule has 1 amide bonds. The van der Waals surface area contributed by atoms with E-state index in [9.17, 15) is 30.3 Å². The Kier molecular flexibility index (Phi) is 55.1. The zero-order valence-electron chi connectivity index (χ0n) is 51.1. The van der Waals surface area contributed by atoms with Crippen LogP contribution in [0.1, 0.15) is 296 Å². The molecule has 6 N–H and O–H groups in total. The predicted molar refractivity (Wildman–Crippen MR) is 336 cm³/mol. The third-order valence-corrected chi connectivity index (χ3v) is 15.5. The highest BCUT2D eigenvalue weighted by Gasteiger charge is 2.44. The smallest absolute Gasteiger partial charge is 0.220 e. The van der Waals surface area contributed by atoms with Gasteiger partial charge < -0.3 is 40.3 Å². The van der Waals surface area contributed by atoms with Crippen LogP contribution in [0.5, 0.6) is 0 Å². The summed E-state index contributed by atoms with van der Waals surface area (Å²) in [6.45, 7) is 3.75. The largest absolute Gasteiger partial charge is 0.394 e. The molecule has 1 saturated heterocycles. The summed E-state index contributed by atoms with van der Waals surface area (Å²) in [5, 5.41) is 54.9. The molecule has 7 atom stereocenters. The standard InChI is InChI=1S/C70H125NO8/c1-3-5-7-9-11-13-15-17-19-21-23-25-27-29-31-32-34-36-38-40-42-44-46-48-50-52-54-56-58-60-66(74)71-63(62-78-70-69(77)68(76)67(75)65(61-72)79-70)64(73)59-57-55-53-51-49-47-45-43-41-39-37-35-33-30-28-26-24-22-20-18-16-14-12-10-8-6-4-2/h5,7,11,13,17,19,23,25,29,31,34,36,40,42,63-65,67-70,72-73,75-77H,3-4,6,8-10,12,14-16,18,20-22,24,26-28,30,32-33,35,37-39,41,43-62H2,1-2H3,(H,71,74)/b7-5-,13-11-,19-17-,25-23-,31-29-,36-34-,42-40-. The van der Waals surface area contributed by atoms with Crippen LogP contribution in [0.4, 0.5) is 0 Å². The number of rotatable bonds is 57. The van der Waals surface area contributed by atoms with Crippen LogP contribution in [0, 0.1) is 0 Å². The van der Waals surface area contributed by atoms with Crippen LogP contribution in [0.3, 0.4) is 0 Å². The molecule has 0 aromatic carbocycles. The Morgan fingerprint density at radius 1 is 0.443 bits per heavy atom. The minimum absolute atomic E-state index is 0.146. The van der Waals surface area contributed by atoms with E-state index >= 15 is 0 Å². The third-order valence-electron chi connectivity index (χ3n) is 15.5. The predicted octanol–water partition coefficient (Wildman–Crippen LogP) is 17.7. The van der Waals surface area contributed by atoms with Gasteiger partial charge in [0, 0.05) is 6.42 Å². The van der Waals surface area contributed by atoms with Crippen LogP contribution >= 0.6 is 0 Å². The molecule has 79 heavy (non-hydrogen) atoms. The molecule has 0 bridgehead atoms. The Balaban J connectivity index is 2.17. The maximum atomic E-state index is 13.1. The first-order chi connectivity index (χ1) is 38.8. The molecule has 9 nitrogen and oxygen atoms in total. The van der Waals surface area contributed by atoms with Crippen molar-refractivity contribution in [1.82, 2.24) is 5.32 Å². The first kappa shape index (κ1) is 74.4. The summed E-state index contributed by atoms with van der Waals surface area (Å²) in [5.41, 5.74) is 0. The highest BCUT2D eigenvalue weighted by Crippen LogP contribution is 2.23. The van der Waals surface area contributed by atoms with Gasteiger partial charge in [0.25, 0.3) is 0 Å². The maximum absolute atomic E-state index is 13.1. The van der Waals surface area contributed by atoms with Crippen LogP contribution in [-0.4, -0.2) is 87.5 Å². The highest BCUT2D eigenvalue weighted by atomic mass is 16.7. The number of hydrogen-bond acceptors (Lipinski definition) is 8. The van der Waals surface area contributed by atoms with Crippen molar-refractivity contribution in [2.75, 3.05) is 13.2 Å². The average molecular weight is 1110 g/mol. The number of aliphatic hydroxyl groups excluding tert-OH is 5. The Labute approximate surface area is 486 Å². The summed E-state index contributed by atoms with van der Waals surface area (Å²) in [4.78, 5) is 13.1. The van der Waals surface area contributed by atoms with E-state index in [-0.39, 0.29) is 12.5 Å². The van der Waals surface area contributed by atoms with E-state index < -0.39 is 49.5 Å². The number of amides is 1. The quantitative estimate of drug-likeness (QED) is 0.0261. The highest BCUT2D eigenvalue weighted by molar-refractivity contribution is 5.76. The lowest BCUT2D eigenvalue weighted by Crippen LogP contribution is -2.60. The number of carbonyl (C=O) groups is 1. The summed E-state index contributed by atoms with van der Waals surface area (Å²) in [7, 11) is 0. The number of hydrogen-bond donors (Lipinski definition) is 6. The zero-order chi connectivity index (χ0) is 57.2. The fourth-order valence-electron chi connectivity index (χ4n) is 10.3. The van der Waals surface area contributed by atoms with Crippen molar-refractivity contribution in [3.8, 4) is 0 Å². The summed E-state index contributed by atoms with van der Waals surface area (Å²) >= 11 is 0. The van der Waals surface area contributed by atoms with Gasteiger partial charge in [-0.3, -0.25) is 4.79 Å². The SMILES string of the molecule is CC/C=C\C/C=C\C/C=C\C/C=C\C/C=C\C/C=C\C/C=C\CCCCCCCCCC(=O)NC(COC1OC(CO)C(O)C(O)C1O)C(O)CCCCCCCCCCCCCCCCCCCCCCCCCCCCC. The van der Waals surface area contributed by atoms with Crippen LogP contribution in [0.15, 0.2) is 85.1 Å². The van der Waals surface area contributed by atoms with E-state index in [4.69, 9.17) is 9.47 Å². The van der Waals surface area contributed by atoms with Gasteiger partial charge in [0.2, 0.25) is 5.91 Å². The lowest BCUT2D eigenvalue weighted by molar-refractivity contribution is -0.302. The first-order valence-electron chi connectivity index (χ1n) is 33.3. The van der Waals surface area contributed by atoms with Gasteiger partial charge in [-0.25, -0.2) is 0 Å². The molecule has 1 heterocycles. The molecule has 1 rings (SSSR count). The molecule has 1 aliphatic heterocycles. The average Bonchev–Trinajstić information content (AvgIpc) is 3.47. The van der Waals surface area contributed by atoms with Crippen LogP contribution < -0.4 is 5.32 Å². The molecular formula is C70H125NO8. The van der Waals surface area contributed by atoms with Gasteiger partial charge in [0.05, 0.1) is 25.4 Å². The van der Waals surface area contributed by atoms with Crippen molar-refractivity contribution >= 4 is 5.91 Å². The summed E-state index contributed by atoms with van der Waals surface area (Å²) < 4.78 is 11.4. The van der Waals surface area contributed by atoms with Crippen molar-refractivity contribution in [3.05, 3.63) is 85.1 Å². The van der Waals surface area contributed by atoms with Crippen molar-refractivity contribution in [2.45, 2.75) is 339 Å². The topological polar surface area (TPSA) is 149 Å². The number of carbonyl (C=O) groups excluding carboxylic acids is 1. The van der Waals surface area contributed by atoms with Gasteiger partial charge in [0.1, 0.15) is 24.4 Å². The molecule has 7 unspecified atom stereocenters. The molecule has 0 spiro atoms. The van der Waals surface area contributed by atoms with Gasteiger partial charge in [-0.05, 0) is 70.6 Å². The molecule has 1 fully saturated rings. The van der Waals surface area contributed by atoms with Crippen molar-refractivity contribution in [1.29, 1.82) is 0 Å². The number of aliphatic hydroxyl groups is 5. The Bertz CT molecular complexity index is 1520. The lowest BCUT2D eigenvalue weighted by atomic mass is 9.99. The van der Waals surface area contributed by atoms with Crippen molar-refractivity contribution in [2.24, 2.45) is 0 Å². The maximum Gasteiger partial charge on any atom is 0.220 e. The molecule has 9 heteroatoms. The summed E-state index contributed by atoms with van der Waals surface area (Å²) in [6, 6.07) is -0.733. The molecule has 1 aliphatic rings. The second-order valence-electron chi connectivity index (χ2n) is 22.9. The van der Waals surface area contributed by atoms with E-state index in [1.54, 1.807) is 0 Å². The lowest BCUT2D eigenvalue weighted by Gasteiger charge is -2.40. The molecular weight excluding hydrogens is 983 g/mol. The van der Waals surface area contributed by atoms with Gasteiger partial charge in [-0.15, -0.1) is 0 Å². The first-order valence-corrected chi connectivity index (χ1v) is 33.3. The fraction of sp³-hybridized carbons (Fsp3) is 0.786. The van der Waals surface area contributed by atoms with Crippen LogP contribution in [-0.2, 0) is 14.3 Å². The molecule has 0 radical (unpaired) electrons. The normalized spacial score (nSPS) is 19.1. The van der Waals surface area contributed by atoms with Crippen LogP contribution in [0.2, 0.25) is 0 Å². The van der Waals surface area contributed by atoms with E-state index in [1.807, 2.05) is 0 Å². The number of unbranched alkanes of at least 4 members (excludes halogenated alkanes) is 33. The van der Waals surface area contributed by atoms with Gasteiger partial charge in [-0.1, -0.05) is 304 Å². The summed E-state index contributed by atoms with van der Waals surface area (Å²) in [6.07, 6.45) is 76.3.